The monoisotopic (exact) mass is 179 g/mol. The van der Waals surface area contributed by atoms with Crippen molar-refractivity contribution >= 4 is 5.82 Å². The van der Waals surface area contributed by atoms with Gasteiger partial charge in [0.1, 0.15) is 0 Å². The molecular formula is C9H13N3O. The maximum atomic E-state index is 11.6. The molecule has 1 heterocycles. The highest BCUT2D eigenvalue weighted by Crippen LogP contribution is 2.18. The molecule has 0 fully saturated rings. The summed E-state index contributed by atoms with van der Waals surface area (Å²) >= 11 is 0. The lowest BCUT2D eigenvalue weighted by atomic mass is 10.3. The summed E-state index contributed by atoms with van der Waals surface area (Å²) in [7, 11) is 3.54. The molecule has 1 aromatic heterocycles. The largest absolute Gasteiger partial charge is 0.369 e. The lowest BCUT2D eigenvalue weighted by Gasteiger charge is -2.08. The summed E-state index contributed by atoms with van der Waals surface area (Å²) in [5.74, 6) is 0.461. The average Bonchev–Trinajstić information content (AvgIpc) is 2.59. The summed E-state index contributed by atoms with van der Waals surface area (Å²) in [6.07, 6.45) is 3.10. The molecule has 0 aliphatic heterocycles. The second-order valence-corrected chi connectivity index (χ2v) is 3.32. The van der Waals surface area contributed by atoms with Gasteiger partial charge in [0.2, 0.25) is 0 Å². The SMILES string of the molecule is CNc1nc2c(n(C)c1=O)CCC2. The Hall–Kier alpha value is -1.32. The van der Waals surface area contributed by atoms with Crippen molar-refractivity contribution in [3.05, 3.63) is 21.7 Å². The van der Waals surface area contributed by atoms with E-state index in [1.165, 1.54) is 0 Å². The minimum Gasteiger partial charge on any atom is -0.369 e. The standard InChI is InChI=1S/C9H13N3O/c1-10-8-9(13)12(2)7-5-3-4-6(7)11-8/h3-5H2,1-2H3,(H,10,11). The topological polar surface area (TPSA) is 46.9 Å². The molecule has 0 aromatic carbocycles. The summed E-state index contributed by atoms with van der Waals surface area (Å²) in [5.41, 5.74) is 2.15. The van der Waals surface area contributed by atoms with E-state index in [9.17, 15) is 4.79 Å². The first kappa shape index (κ1) is 8.29. The summed E-state index contributed by atoms with van der Waals surface area (Å²) < 4.78 is 1.71. The van der Waals surface area contributed by atoms with Gasteiger partial charge in [-0.05, 0) is 19.3 Å². The van der Waals surface area contributed by atoms with Crippen LogP contribution in [-0.2, 0) is 19.9 Å². The van der Waals surface area contributed by atoms with Crippen molar-refractivity contribution in [2.75, 3.05) is 12.4 Å². The lowest BCUT2D eigenvalue weighted by Crippen LogP contribution is -2.24. The minimum absolute atomic E-state index is 0.0249. The van der Waals surface area contributed by atoms with Gasteiger partial charge < -0.3 is 9.88 Å². The fourth-order valence-corrected chi connectivity index (χ4v) is 1.82. The molecule has 0 unspecified atom stereocenters. The number of hydrogen-bond donors (Lipinski definition) is 1. The Labute approximate surface area is 76.6 Å². The highest BCUT2D eigenvalue weighted by molar-refractivity contribution is 5.35. The van der Waals surface area contributed by atoms with E-state index < -0.39 is 0 Å². The van der Waals surface area contributed by atoms with Crippen LogP contribution in [0.15, 0.2) is 4.79 Å². The van der Waals surface area contributed by atoms with E-state index in [2.05, 4.69) is 10.3 Å². The molecule has 70 valence electrons. The van der Waals surface area contributed by atoms with Crippen LogP contribution in [0.2, 0.25) is 0 Å². The third-order valence-corrected chi connectivity index (χ3v) is 2.56. The summed E-state index contributed by atoms with van der Waals surface area (Å²) in [6.45, 7) is 0. The normalized spacial score (nSPS) is 14.3. The van der Waals surface area contributed by atoms with Crippen LogP contribution in [0.5, 0.6) is 0 Å². The quantitative estimate of drug-likeness (QED) is 0.675. The molecule has 0 atom stereocenters. The van der Waals surface area contributed by atoms with E-state index in [1.54, 1.807) is 11.6 Å². The first-order valence-electron chi connectivity index (χ1n) is 4.50. The molecule has 1 aliphatic carbocycles. The summed E-state index contributed by atoms with van der Waals surface area (Å²) in [4.78, 5) is 15.9. The molecule has 1 aromatic rings. The van der Waals surface area contributed by atoms with Gasteiger partial charge in [-0.2, -0.15) is 0 Å². The molecule has 13 heavy (non-hydrogen) atoms. The van der Waals surface area contributed by atoms with Gasteiger partial charge in [-0.3, -0.25) is 4.79 Å². The van der Waals surface area contributed by atoms with Gasteiger partial charge in [-0.1, -0.05) is 0 Å². The van der Waals surface area contributed by atoms with Crippen molar-refractivity contribution < 1.29 is 0 Å². The second-order valence-electron chi connectivity index (χ2n) is 3.32. The van der Waals surface area contributed by atoms with Crippen molar-refractivity contribution in [2.24, 2.45) is 7.05 Å². The van der Waals surface area contributed by atoms with Crippen LogP contribution in [0, 0.1) is 0 Å². The molecule has 0 saturated carbocycles. The zero-order valence-corrected chi connectivity index (χ0v) is 7.92. The van der Waals surface area contributed by atoms with Gasteiger partial charge in [-0.25, -0.2) is 4.98 Å². The van der Waals surface area contributed by atoms with Gasteiger partial charge in [-0.15, -0.1) is 0 Å². The molecule has 0 spiro atoms. The first-order chi connectivity index (χ1) is 6.24. The van der Waals surface area contributed by atoms with E-state index in [0.717, 1.165) is 30.7 Å². The van der Waals surface area contributed by atoms with E-state index >= 15 is 0 Å². The average molecular weight is 179 g/mol. The molecule has 1 N–H and O–H groups in total. The van der Waals surface area contributed by atoms with Gasteiger partial charge in [0.15, 0.2) is 5.82 Å². The van der Waals surface area contributed by atoms with Gasteiger partial charge in [0.05, 0.1) is 5.69 Å². The summed E-state index contributed by atoms with van der Waals surface area (Å²) in [5, 5.41) is 2.82. The molecule has 4 nitrogen and oxygen atoms in total. The molecule has 0 saturated heterocycles. The highest BCUT2D eigenvalue weighted by Gasteiger charge is 2.17. The smallest absolute Gasteiger partial charge is 0.293 e. The Bertz CT molecular complexity index is 395. The van der Waals surface area contributed by atoms with Crippen molar-refractivity contribution in [1.29, 1.82) is 0 Å². The van der Waals surface area contributed by atoms with Crippen molar-refractivity contribution in [1.82, 2.24) is 9.55 Å². The second kappa shape index (κ2) is 2.87. The Morgan fingerprint density at radius 1 is 1.46 bits per heavy atom. The van der Waals surface area contributed by atoms with Gasteiger partial charge in [0.25, 0.3) is 5.56 Å². The zero-order valence-electron chi connectivity index (χ0n) is 7.92. The Kier molecular flexibility index (Phi) is 1.83. The van der Waals surface area contributed by atoms with Crippen LogP contribution in [-0.4, -0.2) is 16.6 Å². The maximum absolute atomic E-state index is 11.6. The summed E-state index contributed by atoms with van der Waals surface area (Å²) in [6, 6.07) is 0. The molecule has 0 radical (unpaired) electrons. The Morgan fingerprint density at radius 2 is 2.23 bits per heavy atom. The predicted molar refractivity (Wildman–Crippen MR) is 51.0 cm³/mol. The number of nitrogens with one attached hydrogen (secondary N) is 1. The molecule has 0 bridgehead atoms. The van der Waals surface area contributed by atoms with E-state index in [1.807, 2.05) is 7.05 Å². The lowest BCUT2D eigenvalue weighted by molar-refractivity contribution is 0.771. The first-order valence-corrected chi connectivity index (χ1v) is 4.50. The number of aromatic nitrogens is 2. The fourth-order valence-electron chi connectivity index (χ4n) is 1.82. The number of aryl methyl sites for hydroxylation is 1. The number of anilines is 1. The van der Waals surface area contributed by atoms with Crippen LogP contribution >= 0.6 is 0 Å². The molecular weight excluding hydrogens is 166 g/mol. The Morgan fingerprint density at radius 3 is 2.92 bits per heavy atom. The predicted octanol–water partition coefficient (Wildman–Crippen LogP) is 0.311. The van der Waals surface area contributed by atoms with Crippen LogP contribution < -0.4 is 10.9 Å². The van der Waals surface area contributed by atoms with E-state index in [4.69, 9.17) is 0 Å². The van der Waals surface area contributed by atoms with Crippen molar-refractivity contribution in [3.63, 3.8) is 0 Å². The number of fused-ring (bicyclic) bond motifs is 1. The fraction of sp³-hybridized carbons (Fsp3) is 0.556. The van der Waals surface area contributed by atoms with Crippen molar-refractivity contribution in [2.45, 2.75) is 19.3 Å². The number of rotatable bonds is 1. The number of hydrogen-bond acceptors (Lipinski definition) is 3. The minimum atomic E-state index is -0.0249. The van der Waals surface area contributed by atoms with Crippen LogP contribution in [0.1, 0.15) is 17.8 Å². The van der Waals surface area contributed by atoms with Crippen LogP contribution in [0.3, 0.4) is 0 Å². The van der Waals surface area contributed by atoms with Crippen LogP contribution in [0.4, 0.5) is 5.82 Å². The van der Waals surface area contributed by atoms with Crippen molar-refractivity contribution in [3.8, 4) is 0 Å². The van der Waals surface area contributed by atoms with Gasteiger partial charge in [0, 0.05) is 19.8 Å². The van der Waals surface area contributed by atoms with E-state index in [-0.39, 0.29) is 5.56 Å². The van der Waals surface area contributed by atoms with E-state index in [0.29, 0.717) is 5.82 Å². The van der Waals surface area contributed by atoms with Gasteiger partial charge >= 0.3 is 0 Å². The number of nitrogens with zero attached hydrogens (tertiary/aromatic N) is 2. The zero-order chi connectivity index (χ0) is 9.42. The molecule has 2 rings (SSSR count). The third kappa shape index (κ3) is 1.13. The Balaban J connectivity index is 2.68. The third-order valence-electron chi connectivity index (χ3n) is 2.56. The maximum Gasteiger partial charge on any atom is 0.293 e. The molecule has 1 aliphatic rings. The van der Waals surface area contributed by atoms with Crippen LogP contribution in [0.25, 0.3) is 0 Å². The molecule has 4 heteroatoms. The highest BCUT2D eigenvalue weighted by atomic mass is 16.1. The molecule has 0 amide bonds.